The molecule has 0 aliphatic heterocycles. The third-order valence-electron chi connectivity index (χ3n) is 2.40. The molecule has 1 rings (SSSR count). The van der Waals surface area contributed by atoms with Crippen LogP contribution in [0.3, 0.4) is 0 Å². The quantitative estimate of drug-likeness (QED) is 0.818. The van der Waals surface area contributed by atoms with Crippen molar-refractivity contribution in [1.82, 2.24) is 0 Å². The maximum Gasteiger partial charge on any atom is 0.0542 e. The highest BCUT2D eigenvalue weighted by molar-refractivity contribution is 7.99. The van der Waals surface area contributed by atoms with Gasteiger partial charge in [-0.2, -0.15) is 11.8 Å². The van der Waals surface area contributed by atoms with E-state index in [2.05, 4.69) is 32.9 Å². The van der Waals surface area contributed by atoms with Crippen molar-refractivity contribution in [2.75, 3.05) is 5.75 Å². The molecule has 0 radical (unpaired) electrons. The smallest absolute Gasteiger partial charge is 0.0542 e. The Morgan fingerprint density at radius 1 is 1.40 bits per heavy atom. The number of thioether (sulfide) groups is 1. The molecule has 0 bridgehead atoms. The molecule has 0 aliphatic carbocycles. The van der Waals surface area contributed by atoms with Crippen molar-refractivity contribution >= 4 is 23.1 Å². The van der Waals surface area contributed by atoms with Crippen LogP contribution in [0.2, 0.25) is 0 Å². The van der Waals surface area contributed by atoms with Gasteiger partial charge >= 0.3 is 0 Å². The number of thiophene rings is 1. The Balaban J connectivity index is 2.71. The zero-order valence-corrected chi connectivity index (χ0v) is 11.5. The fourth-order valence-electron chi connectivity index (χ4n) is 1.48. The molecular weight excluding hydrogens is 222 g/mol. The summed E-state index contributed by atoms with van der Waals surface area (Å²) in [5.74, 6) is 1.20. The Kier molecular flexibility index (Phi) is 5.72. The van der Waals surface area contributed by atoms with Gasteiger partial charge in [-0.25, -0.2) is 0 Å². The predicted octanol–water partition coefficient (Wildman–Crippen LogP) is 3.98. The van der Waals surface area contributed by atoms with Gasteiger partial charge in [0.2, 0.25) is 0 Å². The third-order valence-corrected chi connectivity index (χ3v) is 5.24. The first kappa shape index (κ1) is 13.1. The molecule has 1 aromatic rings. The third kappa shape index (κ3) is 3.82. The summed E-state index contributed by atoms with van der Waals surface area (Å²) in [5, 5.41) is 0.494. The minimum Gasteiger partial charge on any atom is -0.326 e. The van der Waals surface area contributed by atoms with Crippen LogP contribution < -0.4 is 5.73 Å². The van der Waals surface area contributed by atoms with Gasteiger partial charge in [-0.05, 0) is 37.7 Å². The van der Waals surface area contributed by atoms with Crippen LogP contribution >= 0.6 is 23.1 Å². The van der Waals surface area contributed by atoms with Crippen LogP contribution in [0.25, 0.3) is 0 Å². The summed E-state index contributed by atoms with van der Waals surface area (Å²) in [7, 11) is 0. The van der Waals surface area contributed by atoms with Crippen LogP contribution in [-0.2, 0) is 0 Å². The SMILES string of the molecule is CCCSC(c1ccc(C)s1)C(N)CC. The molecule has 2 atom stereocenters. The highest BCUT2D eigenvalue weighted by Crippen LogP contribution is 2.36. The molecule has 2 unspecified atom stereocenters. The van der Waals surface area contributed by atoms with Gasteiger partial charge < -0.3 is 5.73 Å². The molecule has 0 aromatic carbocycles. The fourth-order valence-corrected chi connectivity index (χ4v) is 3.94. The van der Waals surface area contributed by atoms with Gasteiger partial charge in [-0.15, -0.1) is 11.3 Å². The van der Waals surface area contributed by atoms with E-state index in [9.17, 15) is 0 Å². The summed E-state index contributed by atoms with van der Waals surface area (Å²) in [6.45, 7) is 6.55. The molecule has 86 valence electrons. The Morgan fingerprint density at radius 3 is 2.60 bits per heavy atom. The maximum atomic E-state index is 6.19. The molecule has 0 saturated heterocycles. The molecule has 1 nitrogen and oxygen atoms in total. The average Bonchev–Trinajstić information content (AvgIpc) is 2.65. The standard InChI is InChI=1S/C12H21NS2/c1-4-8-14-12(10(13)5-2)11-7-6-9(3)15-11/h6-7,10,12H,4-5,8,13H2,1-3H3. The minimum atomic E-state index is 0.291. The van der Waals surface area contributed by atoms with Crippen molar-refractivity contribution in [2.24, 2.45) is 5.73 Å². The van der Waals surface area contributed by atoms with Crippen molar-refractivity contribution in [3.8, 4) is 0 Å². The first-order valence-electron chi connectivity index (χ1n) is 5.62. The van der Waals surface area contributed by atoms with Crippen LogP contribution in [-0.4, -0.2) is 11.8 Å². The fraction of sp³-hybridized carbons (Fsp3) is 0.667. The molecule has 1 heterocycles. The van der Waals surface area contributed by atoms with Crippen molar-refractivity contribution in [1.29, 1.82) is 0 Å². The van der Waals surface area contributed by atoms with E-state index >= 15 is 0 Å². The van der Waals surface area contributed by atoms with E-state index in [1.165, 1.54) is 21.9 Å². The topological polar surface area (TPSA) is 26.0 Å². The molecule has 0 saturated carbocycles. The summed E-state index contributed by atoms with van der Waals surface area (Å²) in [4.78, 5) is 2.83. The predicted molar refractivity (Wildman–Crippen MR) is 72.8 cm³/mol. The lowest BCUT2D eigenvalue weighted by molar-refractivity contribution is 0.639. The number of rotatable bonds is 6. The van der Waals surface area contributed by atoms with Gasteiger partial charge in [0, 0.05) is 15.8 Å². The summed E-state index contributed by atoms with van der Waals surface area (Å²) in [6, 6.07) is 4.73. The number of hydrogen-bond acceptors (Lipinski definition) is 3. The zero-order valence-electron chi connectivity index (χ0n) is 9.82. The number of aryl methyl sites for hydroxylation is 1. The molecule has 1 aromatic heterocycles. The highest BCUT2D eigenvalue weighted by atomic mass is 32.2. The van der Waals surface area contributed by atoms with E-state index in [1.807, 2.05) is 23.1 Å². The number of hydrogen-bond donors (Lipinski definition) is 1. The van der Waals surface area contributed by atoms with E-state index in [-0.39, 0.29) is 0 Å². The lowest BCUT2D eigenvalue weighted by Crippen LogP contribution is -2.25. The molecule has 0 spiro atoms. The van der Waals surface area contributed by atoms with Crippen molar-refractivity contribution in [3.05, 3.63) is 21.9 Å². The zero-order chi connectivity index (χ0) is 11.3. The lowest BCUT2D eigenvalue weighted by atomic mass is 10.1. The van der Waals surface area contributed by atoms with Gasteiger partial charge in [-0.3, -0.25) is 0 Å². The van der Waals surface area contributed by atoms with Gasteiger partial charge in [0.05, 0.1) is 5.25 Å². The Labute approximate surface area is 101 Å². The summed E-state index contributed by atoms with van der Waals surface area (Å²) >= 11 is 3.90. The minimum absolute atomic E-state index is 0.291. The van der Waals surface area contributed by atoms with Crippen molar-refractivity contribution < 1.29 is 0 Å². The summed E-state index contributed by atoms with van der Waals surface area (Å²) < 4.78 is 0. The van der Waals surface area contributed by atoms with Crippen molar-refractivity contribution in [2.45, 2.75) is 44.9 Å². The largest absolute Gasteiger partial charge is 0.326 e. The first-order chi connectivity index (χ1) is 7.19. The molecule has 2 N–H and O–H groups in total. The Bertz CT molecular complexity index is 283. The molecular formula is C12H21NS2. The molecule has 0 aliphatic rings. The van der Waals surface area contributed by atoms with Gasteiger partial charge in [-0.1, -0.05) is 13.8 Å². The van der Waals surface area contributed by atoms with Crippen LogP contribution in [0.15, 0.2) is 12.1 Å². The molecule has 15 heavy (non-hydrogen) atoms. The van der Waals surface area contributed by atoms with E-state index in [4.69, 9.17) is 5.73 Å². The first-order valence-corrected chi connectivity index (χ1v) is 7.49. The van der Waals surface area contributed by atoms with Gasteiger partial charge in [0.1, 0.15) is 0 Å². The number of nitrogens with two attached hydrogens (primary N) is 1. The van der Waals surface area contributed by atoms with E-state index in [0.29, 0.717) is 11.3 Å². The van der Waals surface area contributed by atoms with Gasteiger partial charge in [0.25, 0.3) is 0 Å². The maximum absolute atomic E-state index is 6.19. The van der Waals surface area contributed by atoms with E-state index in [0.717, 1.165) is 6.42 Å². The molecule has 0 fully saturated rings. The van der Waals surface area contributed by atoms with Crippen LogP contribution in [0.5, 0.6) is 0 Å². The summed E-state index contributed by atoms with van der Waals surface area (Å²) in [6.07, 6.45) is 2.28. The van der Waals surface area contributed by atoms with Crippen LogP contribution in [0.1, 0.15) is 41.7 Å². The average molecular weight is 243 g/mol. The second kappa shape index (κ2) is 6.56. The Morgan fingerprint density at radius 2 is 2.13 bits per heavy atom. The second-order valence-corrected chi connectivity index (χ2v) is 6.38. The highest BCUT2D eigenvalue weighted by Gasteiger charge is 2.19. The van der Waals surface area contributed by atoms with Crippen LogP contribution in [0, 0.1) is 6.92 Å². The van der Waals surface area contributed by atoms with E-state index in [1.54, 1.807) is 0 Å². The van der Waals surface area contributed by atoms with Gasteiger partial charge in [0.15, 0.2) is 0 Å². The van der Waals surface area contributed by atoms with Crippen molar-refractivity contribution in [3.63, 3.8) is 0 Å². The monoisotopic (exact) mass is 243 g/mol. The van der Waals surface area contributed by atoms with Crippen LogP contribution in [0.4, 0.5) is 0 Å². The Hall–Kier alpha value is 0.01000. The summed E-state index contributed by atoms with van der Waals surface area (Å²) in [5.41, 5.74) is 6.19. The lowest BCUT2D eigenvalue weighted by Gasteiger charge is -2.21. The molecule has 3 heteroatoms. The van der Waals surface area contributed by atoms with E-state index < -0.39 is 0 Å². The molecule has 0 amide bonds. The normalized spacial score (nSPS) is 15.2. The second-order valence-electron chi connectivity index (χ2n) is 3.81.